The Bertz CT molecular complexity index is 988. The van der Waals surface area contributed by atoms with Crippen LogP contribution in [0.25, 0.3) is 0 Å². The molecule has 0 aliphatic carbocycles. The Balaban J connectivity index is 1.46. The summed E-state index contributed by atoms with van der Waals surface area (Å²) in [4.78, 5) is 23.2. The monoisotopic (exact) mass is 397 g/mol. The van der Waals surface area contributed by atoms with Crippen molar-refractivity contribution >= 4 is 17.5 Å². The first-order valence-corrected chi connectivity index (χ1v) is 9.50. The van der Waals surface area contributed by atoms with Crippen LogP contribution in [0.5, 0.6) is 0 Å². The Labute approximate surface area is 168 Å². The fourth-order valence-corrected chi connectivity index (χ4v) is 3.39. The Kier molecular flexibility index (Phi) is 5.41. The Morgan fingerprint density at radius 3 is 2.93 bits per heavy atom. The van der Waals surface area contributed by atoms with Crippen LogP contribution in [0.4, 0.5) is 0 Å². The number of carbonyl (C=O) groups is 1. The lowest BCUT2D eigenvalue weighted by Crippen LogP contribution is -2.42. The summed E-state index contributed by atoms with van der Waals surface area (Å²) in [5, 5.41) is 0.691. The van der Waals surface area contributed by atoms with Crippen LogP contribution in [-0.4, -0.2) is 40.5 Å². The standard InChI is InChI=1S/C21H20ClN3O3/c1-14-5-4-8-18(24-14)21(26)25-9-10-27-19(13-25)20-23-12-16(28-20)11-15-6-2-3-7-17(15)22/h2-8,12,19H,9-11,13H2,1H3/t19-/m1/s1. The van der Waals surface area contributed by atoms with Crippen LogP contribution in [-0.2, 0) is 11.2 Å². The van der Waals surface area contributed by atoms with E-state index in [2.05, 4.69) is 9.97 Å². The number of hydrogen-bond donors (Lipinski definition) is 0. The van der Waals surface area contributed by atoms with E-state index in [0.29, 0.717) is 48.5 Å². The summed E-state index contributed by atoms with van der Waals surface area (Å²) in [6.45, 7) is 3.18. The van der Waals surface area contributed by atoms with Gasteiger partial charge in [0.25, 0.3) is 5.91 Å². The van der Waals surface area contributed by atoms with Crippen molar-refractivity contribution in [3.63, 3.8) is 0 Å². The average Bonchev–Trinajstić information content (AvgIpc) is 3.18. The predicted molar refractivity (Wildman–Crippen MR) is 104 cm³/mol. The second-order valence-electron chi connectivity index (χ2n) is 6.71. The Morgan fingerprint density at radius 2 is 2.11 bits per heavy atom. The highest BCUT2D eigenvalue weighted by molar-refractivity contribution is 6.31. The lowest BCUT2D eigenvalue weighted by molar-refractivity contribution is -0.0351. The van der Waals surface area contributed by atoms with Gasteiger partial charge in [0.2, 0.25) is 5.89 Å². The van der Waals surface area contributed by atoms with E-state index in [0.717, 1.165) is 11.3 Å². The number of ether oxygens (including phenoxy) is 1. The van der Waals surface area contributed by atoms with Gasteiger partial charge in [0.1, 0.15) is 11.5 Å². The number of amides is 1. The van der Waals surface area contributed by atoms with Crippen molar-refractivity contribution in [2.24, 2.45) is 0 Å². The maximum atomic E-state index is 12.8. The molecular formula is C21H20ClN3O3. The minimum Gasteiger partial charge on any atom is -0.442 e. The smallest absolute Gasteiger partial charge is 0.272 e. The van der Waals surface area contributed by atoms with Crippen LogP contribution in [0, 0.1) is 6.92 Å². The summed E-state index contributed by atoms with van der Waals surface area (Å²) in [5.74, 6) is 1.06. The van der Waals surface area contributed by atoms with Crippen LogP contribution < -0.4 is 0 Å². The van der Waals surface area contributed by atoms with Gasteiger partial charge in [-0.05, 0) is 30.7 Å². The summed E-state index contributed by atoms with van der Waals surface area (Å²) < 4.78 is 11.7. The van der Waals surface area contributed by atoms with E-state index in [1.54, 1.807) is 17.2 Å². The quantitative estimate of drug-likeness (QED) is 0.669. The number of pyridine rings is 1. The van der Waals surface area contributed by atoms with E-state index in [1.165, 1.54) is 0 Å². The molecule has 0 radical (unpaired) electrons. The number of oxazole rings is 1. The average molecular weight is 398 g/mol. The van der Waals surface area contributed by atoms with Crippen LogP contribution in [0.1, 0.15) is 39.5 Å². The molecule has 4 rings (SSSR count). The van der Waals surface area contributed by atoms with E-state index >= 15 is 0 Å². The lowest BCUT2D eigenvalue weighted by Gasteiger charge is -2.31. The number of nitrogens with zero attached hydrogens (tertiary/aromatic N) is 3. The highest BCUT2D eigenvalue weighted by Gasteiger charge is 2.29. The van der Waals surface area contributed by atoms with E-state index < -0.39 is 6.10 Å². The molecule has 0 unspecified atom stereocenters. The fourth-order valence-electron chi connectivity index (χ4n) is 3.19. The number of aryl methyl sites for hydroxylation is 1. The predicted octanol–water partition coefficient (Wildman–Crippen LogP) is 3.84. The van der Waals surface area contributed by atoms with E-state index in [1.807, 2.05) is 43.3 Å². The zero-order valence-corrected chi connectivity index (χ0v) is 16.2. The molecular weight excluding hydrogens is 378 g/mol. The van der Waals surface area contributed by atoms with Crippen LogP contribution >= 0.6 is 11.6 Å². The van der Waals surface area contributed by atoms with Crippen molar-refractivity contribution in [2.75, 3.05) is 19.7 Å². The summed E-state index contributed by atoms with van der Waals surface area (Å²) in [7, 11) is 0. The topological polar surface area (TPSA) is 68.5 Å². The largest absolute Gasteiger partial charge is 0.442 e. The van der Waals surface area contributed by atoms with Gasteiger partial charge in [0.05, 0.1) is 19.3 Å². The summed E-state index contributed by atoms with van der Waals surface area (Å²) in [6.07, 6.45) is 1.84. The molecule has 6 nitrogen and oxygen atoms in total. The number of aromatic nitrogens is 2. The van der Waals surface area contributed by atoms with Crippen molar-refractivity contribution < 1.29 is 13.9 Å². The molecule has 0 saturated carbocycles. The molecule has 1 fully saturated rings. The molecule has 3 heterocycles. The minimum absolute atomic E-state index is 0.111. The van der Waals surface area contributed by atoms with Gasteiger partial charge in [-0.1, -0.05) is 35.9 Å². The second kappa shape index (κ2) is 8.12. The second-order valence-corrected chi connectivity index (χ2v) is 7.12. The number of hydrogen-bond acceptors (Lipinski definition) is 5. The highest BCUT2D eigenvalue weighted by atomic mass is 35.5. The molecule has 0 spiro atoms. The molecule has 0 N–H and O–H groups in total. The van der Waals surface area contributed by atoms with Gasteiger partial charge < -0.3 is 14.1 Å². The Morgan fingerprint density at radius 1 is 1.25 bits per heavy atom. The molecule has 7 heteroatoms. The van der Waals surface area contributed by atoms with Gasteiger partial charge >= 0.3 is 0 Å². The van der Waals surface area contributed by atoms with Gasteiger partial charge in [0, 0.05) is 23.7 Å². The number of carbonyl (C=O) groups excluding carboxylic acids is 1. The normalized spacial score (nSPS) is 16.9. The lowest BCUT2D eigenvalue weighted by atomic mass is 10.1. The van der Waals surface area contributed by atoms with E-state index in [-0.39, 0.29) is 5.91 Å². The van der Waals surface area contributed by atoms with Crippen LogP contribution in [0.15, 0.2) is 53.1 Å². The molecule has 1 aliphatic rings. The van der Waals surface area contributed by atoms with Crippen molar-refractivity contribution in [3.05, 3.63) is 82.3 Å². The molecule has 144 valence electrons. The van der Waals surface area contributed by atoms with Crippen molar-refractivity contribution in [1.82, 2.24) is 14.9 Å². The maximum absolute atomic E-state index is 12.8. The van der Waals surface area contributed by atoms with Crippen LogP contribution in [0.3, 0.4) is 0 Å². The summed E-state index contributed by atoms with van der Waals surface area (Å²) in [5.41, 5.74) is 2.22. The van der Waals surface area contributed by atoms with E-state index in [4.69, 9.17) is 20.8 Å². The van der Waals surface area contributed by atoms with Gasteiger partial charge in [-0.3, -0.25) is 4.79 Å². The molecule has 1 aromatic carbocycles. The third-order valence-corrected chi connectivity index (χ3v) is 5.00. The molecule has 3 aromatic rings. The third-order valence-electron chi connectivity index (χ3n) is 4.63. The van der Waals surface area contributed by atoms with Gasteiger partial charge in [-0.25, -0.2) is 9.97 Å². The Hall–Kier alpha value is -2.70. The molecule has 28 heavy (non-hydrogen) atoms. The number of morpholine rings is 1. The molecule has 1 aliphatic heterocycles. The highest BCUT2D eigenvalue weighted by Crippen LogP contribution is 2.25. The van der Waals surface area contributed by atoms with Crippen molar-refractivity contribution in [1.29, 1.82) is 0 Å². The first-order chi connectivity index (χ1) is 13.6. The van der Waals surface area contributed by atoms with Crippen LogP contribution in [0.2, 0.25) is 5.02 Å². The van der Waals surface area contributed by atoms with Gasteiger partial charge in [-0.15, -0.1) is 0 Å². The van der Waals surface area contributed by atoms with Gasteiger partial charge in [-0.2, -0.15) is 0 Å². The fraction of sp³-hybridized carbons (Fsp3) is 0.286. The zero-order valence-electron chi connectivity index (χ0n) is 15.5. The van der Waals surface area contributed by atoms with Gasteiger partial charge in [0.15, 0.2) is 6.10 Å². The first-order valence-electron chi connectivity index (χ1n) is 9.12. The molecule has 0 bridgehead atoms. The van der Waals surface area contributed by atoms with E-state index in [9.17, 15) is 4.79 Å². The summed E-state index contributed by atoms with van der Waals surface area (Å²) >= 11 is 6.22. The first kappa shape index (κ1) is 18.7. The van der Waals surface area contributed by atoms with Crippen molar-refractivity contribution in [2.45, 2.75) is 19.4 Å². The summed E-state index contributed by atoms with van der Waals surface area (Å²) in [6, 6.07) is 13.1. The molecule has 1 atom stereocenters. The molecule has 1 saturated heterocycles. The SMILES string of the molecule is Cc1cccc(C(=O)N2CCO[C@@H](c3ncc(Cc4ccccc4Cl)o3)C2)n1. The third kappa shape index (κ3) is 4.08. The van der Waals surface area contributed by atoms with Crippen molar-refractivity contribution in [3.8, 4) is 0 Å². The number of benzene rings is 1. The number of rotatable bonds is 4. The minimum atomic E-state index is -0.400. The number of halogens is 1. The molecule has 1 amide bonds. The zero-order chi connectivity index (χ0) is 19.5. The molecule has 2 aromatic heterocycles. The maximum Gasteiger partial charge on any atom is 0.272 e.